The van der Waals surface area contributed by atoms with Gasteiger partial charge in [0.05, 0.1) is 13.0 Å². The number of para-hydroxylation sites is 1. The van der Waals surface area contributed by atoms with Gasteiger partial charge in [0.15, 0.2) is 0 Å². The van der Waals surface area contributed by atoms with Gasteiger partial charge in [0.2, 0.25) is 5.91 Å². The second-order valence-corrected chi connectivity index (χ2v) is 5.05. The molecule has 1 aliphatic carbocycles. The number of hydrogen-bond acceptors (Lipinski definition) is 3. The Morgan fingerprint density at radius 1 is 1.40 bits per heavy atom. The summed E-state index contributed by atoms with van der Waals surface area (Å²) in [7, 11) is 1.66. The van der Waals surface area contributed by atoms with Gasteiger partial charge in [0.1, 0.15) is 5.75 Å². The van der Waals surface area contributed by atoms with Gasteiger partial charge < -0.3 is 15.8 Å². The number of methoxy groups -OCH3 is 1. The summed E-state index contributed by atoms with van der Waals surface area (Å²) in [6.07, 6.45) is 3.72. The highest BCUT2D eigenvalue weighted by atomic mass is 35.5. The first kappa shape index (κ1) is 16.8. The molecular weight excluding hydrogens is 276 g/mol. The molecule has 1 aromatic rings. The lowest BCUT2D eigenvalue weighted by molar-refractivity contribution is -0.125. The Morgan fingerprint density at radius 3 is 2.80 bits per heavy atom. The Balaban J connectivity index is 0.00000200. The van der Waals surface area contributed by atoms with Gasteiger partial charge in [0.25, 0.3) is 0 Å². The molecule has 0 aromatic heterocycles. The van der Waals surface area contributed by atoms with E-state index in [1.54, 1.807) is 7.11 Å². The Kier molecular flexibility index (Phi) is 6.82. The van der Waals surface area contributed by atoms with Crippen molar-refractivity contribution in [2.24, 2.45) is 11.7 Å². The smallest absolute Gasteiger partial charge is 0.224 e. The third kappa shape index (κ3) is 4.12. The molecule has 3 N–H and O–H groups in total. The van der Waals surface area contributed by atoms with Crippen molar-refractivity contribution < 1.29 is 9.53 Å². The van der Waals surface area contributed by atoms with Crippen molar-refractivity contribution in [3.8, 4) is 5.75 Å². The molecule has 1 fully saturated rings. The first-order valence-corrected chi connectivity index (χ1v) is 6.87. The van der Waals surface area contributed by atoms with Gasteiger partial charge in [-0.3, -0.25) is 4.79 Å². The monoisotopic (exact) mass is 298 g/mol. The number of hydrogen-bond donors (Lipinski definition) is 2. The summed E-state index contributed by atoms with van der Waals surface area (Å²) in [6.45, 7) is 0.627. The molecule has 20 heavy (non-hydrogen) atoms. The summed E-state index contributed by atoms with van der Waals surface area (Å²) in [5.41, 5.74) is 7.04. The largest absolute Gasteiger partial charge is 0.496 e. The molecule has 1 amide bonds. The van der Waals surface area contributed by atoms with Crippen molar-refractivity contribution in [2.45, 2.75) is 31.7 Å². The molecular formula is C15H23ClN2O2. The molecule has 0 radical (unpaired) electrons. The maximum absolute atomic E-state index is 12.0. The summed E-state index contributed by atoms with van der Waals surface area (Å²) in [6, 6.07) is 7.91. The van der Waals surface area contributed by atoms with Gasteiger partial charge in [-0.1, -0.05) is 24.6 Å². The SMILES string of the molecule is COc1ccccc1CCNC(=O)C1CCCC1N.Cl. The molecule has 0 heterocycles. The van der Waals surface area contributed by atoms with E-state index in [0.29, 0.717) is 6.54 Å². The highest BCUT2D eigenvalue weighted by Gasteiger charge is 2.29. The van der Waals surface area contributed by atoms with Gasteiger partial charge in [-0.15, -0.1) is 12.4 Å². The zero-order valence-corrected chi connectivity index (χ0v) is 12.6. The molecule has 0 saturated heterocycles. The molecule has 1 aliphatic rings. The lowest BCUT2D eigenvalue weighted by Crippen LogP contribution is -2.39. The van der Waals surface area contributed by atoms with Crippen LogP contribution in [0.2, 0.25) is 0 Å². The molecule has 2 unspecified atom stereocenters. The fraction of sp³-hybridized carbons (Fsp3) is 0.533. The second kappa shape index (κ2) is 8.12. The van der Waals surface area contributed by atoms with Crippen LogP contribution in [-0.4, -0.2) is 25.6 Å². The lowest BCUT2D eigenvalue weighted by Gasteiger charge is -2.15. The summed E-state index contributed by atoms with van der Waals surface area (Å²) < 4.78 is 5.29. The predicted octanol–water partition coefficient (Wildman–Crippen LogP) is 1.90. The molecule has 4 nitrogen and oxygen atoms in total. The Labute approximate surface area is 126 Å². The molecule has 0 spiro atoms. The van der Waals surface area contributed by atoms with Crippen LogP contribution in [0.5, 0.6) is 5.75 Å². The number of amides is 1. The third-order valence-corrected chi connectivity index (χ3v) is 3.79. The predicted molar refractivity (Wildman–Crippen MR) is 82.3 cm³/mol. The van der Waals surface area contributed by atoms with E-state index in [4.69, 9.17) is 10.5 Å². The first-order chi connectivity index (χ1) is 9.22. The van der Waals surface area contributed by atoms with E-state index in [9.17, 15) is 4.79 Å². The van der Waals surface area contributed by atoms with E-state index in [1.165, 1.54) is 0 Å². The fourth-order valence-corrected chi connectivity index (χ4v) is 2.68. The molecule has 2 rings (SSSR count). The average molecular weight is 299 g/mol. The van der Waals surface area contributed by atoms with Gasteiger partial charge in [0, 0.05) is 12.6 Å². The third-order valence-electron chi connectivity index (χ3n) is 3.79. The molecule has 0 aliphatic heterocycles. The number of halogens is 1. The number of nitrogens with two attached hydrogens (primary N) is 1. The van der Waals surface area contributed by atoms with E-state index >= 15 is 0 Å². The van der Waals surface area contributed by atoms with Crippen molar-refractivity contribution in [3.63, 3.8) is 0 Å². The van der Waals surface area contributed by atoms with Gasteiger partial charge in [-0.2, -0.15) is 0 Å². The van der Waals surface area contributed by atoms with Crippen molar-refractivity contribution in [2.75, 3.05) is 13.7 Å². The number of benzene rings is 1. The quantitative estimate of drug-likeness (QED) is 0.873. The van der Waals surface area contributed by atoms with E-state index in [2.05, 4.69) is 5.32 Å². The van der Waals surface area contributed by atoms with Crippen molar-refractivity contribution in [1.82, 2.24) is 5.32 Å². The Hall–Kier alpha value is -1.26. The average Bonchev–Trinajstić information content (AvgIpc) is 2.85. The summed E-state index contributed by atoms with van der Waals surface area (Å²) in [5.74, 6) is 0.965. The molecule has 112 valence electrons. The zero-order valence-electron chi connectivity index (χ0n) is 11.8. The fourth-order valence-electron chi connectivity index (χ4n) is 2.68. The summed E-state index contributed by atoms with van der Waals surface area (Å²) >= 11 is 0. The normalized spacial score (nSPS) is 21.1. The van der Waals surface area contributed by atoms with Crippen LogP contribution >= 0.6 is 12.4 Å². The first-order valence-electron chi connectivity index (χ1n) is 6.87. The van der Waals surface area contributed by atoms with Crippen LogP contribution in [0.1, 0.15) is 24.8 Å². The van der Waals surface area contributed by atoms with Gasteiger partial charge in [-0.25, -0.2) is 0 Å². The van der Waals surface area contributed by atoms with E-state index in [1.807, 2.05) is 24.3 Å². The number of rotatable bonds is 5. The number of carbonyl (C=O) groups excluding carboxylic acids is 1. The maximum atomic E-state index is 12.0. The van der Waals surface area contributed by atoms with Crippen molar-refractivity contribution in [3.05, 3.63) is 29.8 Å². The zero-order chi connectivity index (χ0) is 13.7. The minimum absolute atomic E-state index is 0. The van der Waals surface area contributed by atoms with Crippen molar-refractivity contribution >= 4 is 18.3 Å². The van der Waals surface area contributed by atoms with Crippen molar-refractivity contribution in [1.29, 1.82) is 0 Å². The molecule has 5 heteroatoms. The van der Waals surface area contributed by atoms with Crippen LogP contribution < -0.4 is 15.8 Å². The van der Waals surface area contributed by atoms with Crippen LogP contribution in [0.15, 0.2) is 24.3 Å². The number of nitrogens with one attached hydrogen (secondary N) is 1. The van der Waals surface area contributed by atoms with Crippen LogP contribution in [-0.2, 0) is 11.2 Å². The number of ether oxygens (including phenoxy) is 1. The molecule has 1 aromatic carbocycles. The van der Waals surface area contributed by atoms with Crippen LogP contribution in [0.3, 0.4) is 0 Å². The highest BCUT2D eigenvalue weighted by molar-refractivity contribution is 5.85. The van der Waals surface area contributed by atoms with Crippen LogP contribution in [0.4, 0.5) is 0 Å². The Bertz CT molecular complexity index is 440. The second-order valence-electron chi connectivity index (χ2n) is 5.05. The van der Waals surface area contributed by atoms with Gasteiger partial charge >= 0.3 is 0 Å². The van der Waals surface area contributed by atoms with E-state index in [-0.39, 0.29) is 30.3 Å². The summed E-state index contributed by atoms with van der Waals surface area (Å²) in [5, 5.41) is 2.98. The lowest BCUT2D eigenvalue weighted by atomic mass is 10.0. The Morgan fingerprint density at radius 2 is 2.15 bits per heavy atom. The minimum Gasteiger partial charge on any atom is -0.496 e. The maximum Gasteiger partial charge on any atom is 0.224 e. The summed E-state index contributed by atoms with van der Waals surface area (Å²) in [4.78, 5) is 12.0. The molecule has 2 atom stereocenters. The van der Waals surface area contributed by atoms with Crippen LogP contribution in [0.25, 0.3) is 0 Å². The van der Waals surface area contributed by atoms with Gasteiger partial charge in [-0.05, 0) is 30.9 Å². The number of carbonyl (C=O) groups is 1. The van der Waals surface area contributed by atoms with E-state index in [0.717, 1.165) is 37.0 Å². The minimum atomic E-state index is -0.00216. The standard InChI is InChI=1S/C15H22N2O2.ClH/c1-19-14-8-3-2-5-11(14)9-10-17-15(18)12-6-4-7-13(12)16;/h2-3,5,8,12-13H,4,6-7,9-10,16H2,1H3,(H,17,18);1H. The molecule has 0 bridgehead atoms. The van der Waals surface area contributed by atoms with Crippen LogP contribution in [0, 0.1) is 5.92 Å². The van der Waals surface area contributed by atoms with E-state index < -0.39 is 0 Å². The molecule has 1 saturated carbocycles. The highest BCUT2D eigenvalue weighted by Crippen LogP contribution is 2.24. The topological polar surface area (TPSA) is 64.3 Å².